The summed E-state index contributed by atoms with van der Waals surface area (Å²) in [6.45, 7) is 9.88. The summed E-state index contributed by atoms with van der Waals surface area (Å²) in [5.41, 5.74) is -0.393. The van der Waals surface area contributed by atoms with Crippen LogP contribution in [0, 0.1) is 5.92 Å². The Morgan fingerprint density at radius 2 is 1.59 bits per heavy atom. The average molecular weight is 241 g/mol. The standard InChI is InChI=1S/C15H31NO/c1-4-11-16(12-5-2)13-15(17)9-7-14(6-3)8-10-15/h14,17H,4-13H2,1-3H3. The molecule has 0 saturated heterocycles. The largest absolute Gasteiger partial charge is 0.389 e. The second-order valence-electron chi connectivity index (χ2n) is 5.85. The fraction of sp³-hybridized carbons (Fsp3) is 1.00. The molecule has 102 valence electrons. The van der Waals surface area contributed by atoms with Crippen LogP contribution in [0.2, 0.25) is 0 Å². The lowest BCUT2D eigenvalue weighted by Crippen LogP contribution is -2.46. The summed E-state index contributed by atoms with van der Waals surface area (Å²) in [6.07, 6.45) is 8.12. The van der Waals surface area contributed by atoms with Gasteiger partial charge in [0, 0.05) is 6.54 Å². The zero-order chi connectivity index (χ0) is 12.7. The maximum absolute atomic E-state index is 10.7. The van der Waals surface area contributed by atoms with Crippen LogP contribution in [0.15, 0.2) is 0 Å². The predicted octanol–water partition coefficient (Wildman–Crippen LogP) is 3.44. The molecule has 0 aromatic rings. The molecule has 1 aliphatic carbocycles. The Labute approximate surface area is 107 Å². The van der Waals surface area contributed by atoms with Crippen molar-refractivity contribution in [3.63, 3.8) is 0 Å². The summed E-state index contributed by atoms with van der Waals surface area (Å²) < 4.78 is 0. The van der Waals surface area contributed by atoms with Gasteiger partial charge in [0.1, 0.15) is 0 Å². The molecule has 17 heavy (non-hydrogen) atoms. The van der Waals surface area contributed by atoms with Gasteiger partial charge >= 0.3 is 0 Å². The van der Waals surface area contributed by atoms with E-state index < -0.39 is 5.60 Å². The molecule has 1 N–H and O–H groups in total. The maximum atomic E-state index is 10.7. The fourth-order valence-corrected chi connectivity index (χ4v) is 3.10. The van der Waals surface area contributed by atoms with Crippen LogP contribution in [0.3, 0.4) is 0 Å². The SMILES string of the molecule is CCCN(CCC)CC1(O)CCC(CC)CC1. The second kappa shape index (κ2) is 7.38. The van der Waals surface area contributed by atoms with Crippen LogP contribution in [-0.4, -0.2) is 35.2 Å². The Bertz CT molecular complexity index is 191. The normalized spacial score (nSPS) is 29.8. The van der Waals surface area contributed by atoms with Crippen LogP contribution in [0.1, 0.15) is 65.7 Å². The van der Waals surface area contributed by atoms with Crippen molar-refractivity contribution in [1.82, 2.24) is 4.90 Å². The van der Waals surface area contributed by atoms with Crippen LogP contribution in [-0.2, 0) is 0 Å². The molecule has 0 amide bonds. The van der Waals surface area contributed by atoms with E-state index in [0.717, 1.165) is 38.4 Å². The zero-order valence-corrected chi connectivity index (χ0v) is 12.0. The summed E-state index contributed by atoms with van der Waals surface area (Å²) in [6, 6.07) is 0. The Kier molecular flexibility index (Phi) is 6.50. The van der Waals surface area contributed by atoms with E-state index in [2.05, 4.69) is 25.7 Å². The minimum atomic E-state index is -0.393. The van der Waals surface area contributed by atoms with E-state index in [0.29, 0.717) is 0 Å². The molecule has 2 nitrogen and oxygen atoms in total. The number of nitrogens with zero attached hydrogens (tertiary/aromatic N) is 1. The van der Waals surface area contributed by atoms with Gasteiger partial charge in [-0.05, 0) is 57.5 Å². The van der Waals surface area contributed by atoms with Crippen LogP contribution >= 0.6 is 0 Å². The van der Waals surface area contributed by atoms with E-state index in [1.54, 1.807) is 0 Å². The Balaban J connectivity index is 2.42. The minimum Gasteiger partial charge on any atom is -0.389 e. The summed E-state index contributed by atoms with van der Waals surface area (Å²) in [5.74, 6) is 0.862. The van der Waals surface area contributed by atoms with Gasteiger partial charge in [0.25, 0.3) is 0 Å². The number of hydrogen-bond acceptors (Lipinski definition) is 2. The van der Waals surface area contributed by atoms with Gasteiger partial charge in [-0.3, -0.25) is 0 Å². The first kappa shape index (κ1) is 15.0. The highest BCUT2D eigenvalue weighted by Gasteiger charge is 2.33. The first-order chi connectivity index (χ1) is 8.13. The molecule has 1 rings (SSSR count). The molecule has 0 aliphatic heterocycles. The summed E-state index contributed by atoms with van der Waals surface area (Å²) in [4.78, 5) is 2.45. The van der Waals surface area contributed by atoms with Crippen molar-refractivity contribution in [2.24, 2.45) is 5.92 Å². The zero-order valence-electron chi connectivity index (χ0n) is 12.0. The molecule has 0 aromatic carbocycles. The van der Waals surface area contributed by atoms with E-state index in [1.165, 1.54) is 32.1 Å². The maximum Gasteiger partial charge on any atom is 0.0774 e. The summed E-state index contributed by atoms with van der Waals surface area (Å²) >= 11 is 0. The molecule has 1 saturated carbocycles. The van der Waals surface area contributed by atoms with Gasteiger partial charge in [0.15, 0.2) is 0 Å². The molecule has 1 fully saturated rings. The lowest BCUT2D eigenvalue weighted by molar-refractivity contribution is -0.0369. The third-order valence-corrected chi connectivity index (χ3v) is 4.21. The van der Waals surface area contributed by atoms with Crippen molar-refractivity contribution in [3.8, 4) is 0 Å². The van der Waals surface area contributed by atoms with Gasteiger partial charge in [-0.15, -0.1) is 0 Å². The highest BCUT2D eigenvalue weighted by Crippen LogP contribution is 2.34. The highest BCUT2D eigenvalue weighted by atomic mass is 16.3. The molecule has 0 heterocycles. The quantitative estimate of drug-likeness (QED) is 0.738. The Morgan fingerprint density at radius 1 is 1.06 bits per heavy atom. The monoisotopic (exact) mass is 241 g/mol. The lowest BCUT2D eigenvalue weighted by atomic mass is 9.77. The van der Waals surface area contributed by atoms with E-state index in [4.69, 9.17) is 0 Å². The van der Waals surface area contributed by atoms with E-state index in [-0.39, 0.29) is 0 Å². The first-order valence-electron chi connectivity index (χ1n) is 7.58. The highest BCUT2D eigenvalue weighted by molar-refractivity contribution is 4.88. The third kappa shape index (κ3) is 4.97. The van der Waals surface area contributed by atoms with Crippen LogP contribution < -0.4 is 0 Å². The van der Waals surface area contributed by atoms with Gasteiger partial charge in [0.05, 0.1) is 5.60 Å². The molecule has 0 aromatic heterocycles. The molecule has 0 unspecified atom stereocenters. The van der Waals surface area contributed by atoms with E-state index in [1.807, 2.05) is 0 Å². The van der Waals surface area contributed by atoms with Crippen molar-refractivity contribution in [3.05, 3.63) is 0 Å². The van der Waals surface area contributed by atoms with Crippen LogP contribution in [0.5, 0.6) is 0 Å². The van der Waals surface area contributed by atoms with Crippen LogP contribution in [0.25, 0.3) is 0 Å². The third-order valence-electron chi connectivity index (χ3n) is 4.21. The predicted molar refractivity (Wildman–Crippen MR) is 74.2 cm³/mol. The Morgan fingerprint density at radius 3 is 2.00 bits per heavy atom. The molecule has 1 aliphatic rings. The molecule has 0 atom stereocenters. The summed E-state index contributed by atoms with van der Waals surface area (Å²) in [7, 11) is 0. The second-order valence-corrected chi connectivity index (χ2v) is 5.85. The van der Waals surface area contributed by atoms with Crippen LogP contribution in [0.4, 0.5) is 0 Å². The number of hydrogen-bond donors (Lipinski definition) is 1. The molecule has 0 bridgehead atoms. The molecule has 0 spiro atoms. The van der Waals surface area contributed by atoms with Gasteiger partial charge in [-0.2, -0.15) is 0 Å². The molecule has 2 heteroatoms. The number of aliphatic hydroxyl groups is 1. The smallest absolute Gasteiger partial charge is 0.0774 e. The van der Waals surface area contributed by atoms with Gasteiger partial charge in [-0.25, -0.2) is 0 Å². The summed E-state index contributed by atoms with van der Waals surface area (Å²) in [5, 5.41) is 10.7. The van der Waals surface area contributed by atoms with Crippen molar-refractivity contribution < 1.29 is 5.11 Å². The van der Waals surface area contributed by atoms with Crippen molar-refractivity contribution in [1.29, 1.82) is 0 Å². The molecule has 0 radical (unpaired) electrons. The van der Waals surface area contributed by atoms with Crippen molar-refractivity contribution in [2.75, 3.05) is 19.6 Å². The number of rotatable bonds is 7. The Hall–Kier alpha value is -0.0800. The fourth-order valence-electron chi connectivity index (χ4n) is 3.10. The lowest BCUT2D eigenvalue weighted by Gasteiger charge is -2.39. The van der Waals surface area contributed by atoms with E-state index >= 15 is 0 Å². The van der Waals surface area contributed by atoms with Crippen molar-refractivity contribution >= 4 is 0 Å². The average Bonchev–Trinajstić information content (AvgIpc) is 2.30. The van der Waals surface area contributed by atoms with Crippen molar-refractivity contribution in [2.45, 2.75) is 71.3 Å². The van der Waals surface area contributed by atoms with Gasteiger partial charge in [0.2, 0.25) is 0 Å². The van der Waals surface area contributed by atoms with Gasteiger partial charge < -0.3 is 10.0 Å². The first-order valence-corrected chi connectivity index (χ1v) is 7.58. The topological polar surface area (TPSA) is 23.5 Å². The molecular weight excluding hydrogens is 210 g/mol. The molecular formula is C15H31NO. The minimum absolute atomic E-state index is 0.393. The van der Waals surface area contributed by atoms with Gasteiger partial charge in [-0.1, -0.05) is 27.2 Å². The van der Waals surface area contributed by atoms with E-state index in [9.17, 15) is 5.11 Å².